The van der Waals surface area contributed by atoms with Gasteiger partial charge in [0.05, 0.1) is 12.8 Å². The molecule has 0 amide bonds. The second-order valence-corrected chi connectivity index (χ2v) is 4.82. The highest BCUT2D eigenvalue weighted by atomic mass is 16.4. The van der Waals surface area contributed by atoms with Crippen molar-refractivity contribution < 1.29 is 50.1 Å². The van der Waals surface area contributed by atoms with E-state index in [4.69, 9.17) is 35.7 Å². The third-order valence-electron chi connectivity index (χ3n) is 2.58. The maximum atomic E-state index is 10.3. The Balaban J connectivity index is 0. The SMILES string of the molecule is CC(O)N(C(C)O)C(C)O.O=C(O)CC(O)(CC(=O)O)C(=O)O. The van der Waals surface area contributed by atoms with Gasteiger partial charge in [-0.3, -0.25) is 9.59 Å². The van der Waals surface area contributed by atoms with Crippen LogP contribution >= 0.6 is 0 Å². The van der Waals surface area contributed by atoms with Crippen molar-refractivity contribution in [2.45, 2.75) is 57.9 Å². The van der Waals surface area contributed by atoms with Gasteiger partial charge in [-0.25, -0.2) is 9.69 Å². The van der Waals surface area contributed by atoms with Crippen molar-refractivity contribution in [3.05, 3.63) is 0 Å². The predicted molar refractivity (Wildman–Crippen MR) is 74.0 cm³/mol. The van der Waals surface area contributed by atoms with Gasteiger partial charge < -0.3 is 35.7 Å². The molecule has 7 N–H and O–H groups in total. The molecule has 0 rings (SSSR count). The molecule has 0 saturated heterocycles. The minimum absolute atomic E-state index is 0.833. The number of carboxylic acid groups (broad SMARTS) is 3. The van der Waals surface area contributed by atoms with Gasteiger partial charge in [-0.1, -0.05) is 0 Å². The van der Waals surface area contributed by atoms with Crippen LogP contribution in [-0.2, 0) is 14.4 Å². The number of aliphatic hydroxyl groups is 4. The molecule has 11 heteroatoms. The molecular formula is C12H23NO10. The van der Waals surface area contributed by atoms with E-state index in [9.17, 15) is 14.4 Å². The predicted octanol–water partition coefficient (Wildman–Crippen LogP) is -1.95. The Labute approximate surface area is 132 Å². The smallest absolute Gasteiger partial charge is 0.336 e. The van der Waals surface area contributed by atoms with Crippen LogP contribution in [0.5, 0.6) is 0 Å². The van der Waals surface area contributed by atoms with Gasteiger partial charge in [0, 0.05) is 0 Å². The molecule has 0 saturated carbocycles. The fraction of sp³-hybridized carbons (Fsp3) is 0.750. The lowest BCUT2D eigenvalue weighted by molar-refractivity contribution is -0.170. The molecule has 3 atom stereocenters. The molecule has 0 radical (unpaired) electrons. The van der Waals surface area contributed by atoms with E-state index < -0.39 is 55.0 Å². The van der Waals surface area contributed by atoms with E-state index in [0.29, 0.717) is 0 Å². The van der Waals surface area contributed by atoms with E-state index in [1.54, 1.807) is 0 Å². The number of hydrogen-bond donors (Lipinski definition) is 7. The summed E-state index contributed by atoms with van der Waals surface area (Å²) >= 11 is 0. The van der Waals surface area contributed by atoms with Crippen molar-refractivity contribution >= 4 is 17.9 Å². The third kappa shape index (κ3) is 9.76. The van der Waals surface area contributed by atoms with Crippen LogP contribution in [0.4, 0.5) is 0 Å². The zero-order valence-electron chi connectivity index (χ0n) is 12.9. The van der Waals surface area contributed by atoms with Crippen molar-refractivity contribution in [3.8, 4) is 0 Å². The summed E-state index contributed by atoms with van der Waals surface area (Å²) in [7, 11) is 0. The Kier molecular flexibility index (Phi) is 10.3. The zero-order chi connectivity index (χ0) is 19.0. The first kappa shape index (κ1) is 23.5. The monoisotopic (exact) mass is 341 g/mol. The summed E-state index contributed by atoms with van der Waals surface area (Å²) in [6.45, 7) is 4.46. The molecule has 3 unspecified atom stereocenters. The van der Waals surface area contributed by atoms with E-state index in [-0.39, 0.29) is 0 Å². The van der Waals surface area contributed by atoms with E-state index >= 15 is 0 Å². The number of rotatable bonds is 8. The number of hydrogen-bond acceptors (Lipinski definition) is 8. The van der Waals surface area contributed by atoms with Crippen LogP contribution < -0.4 is 0 Å². The zero-order valence-corrected chi connectivity index (χ0v) is 12.9. The summed E-state index contributed by atoms with van der Waals surface area (Å²) in [5.41, 5.74) is -2.74. The molecule has 0 bridgehead atoms. The first-order valence-corrected chi connectivity index (χ1v) is 6.45. The minimum Gasteiger partial charge on any atom is -0.481 e. The average Bonchev–Trinajstić information content (AvgIpc) is 2.24. The third-order valence-corrected chi connectivity index (χ3v) is 2.58. The molecular weight excluding hydrogens is 318 g/mol. The van der Waals surface area contributed by atoms with E-state index in [0.717, 1.165) is 0 Å². The van der Waals surface area contributed by atoms with Crippen LogP contribution in [0.3, 0.4) is 0 Å². The topological polar surface area (TPSA) is 196 Å². The van der Waals surface area contributed by atoms with Crippen LogP contribution in [0.2, 0.25) is 0 Å². The first-order chi connectivity index (χ1) is 10.2. The van der Waals surface area contributed by atoms with Crippen LogP contribution in [-0.4, -0.2) is 82.8 Å². The van der Waals surface area contributed by atoms with Crippen molar-refractivity contribution in [1.29, 1.82) is 0 Å². The Morgan fingerprint density at radius 1 is 0.826 bits per heavy atom. The average molecular weight is 341 g/mol. The van der Waals surface area contributed by atoms with Crippen LogP contribution in [0.25, 0.3) is 0 Å². The molecule has 0 aromatic heterocycles. The van der Waals surface area contributed by atoms with Crippen molar-refractivity contribution in [2.24, 2.45) is 0 Å². The molecule has 136 valence electrons. The Bertz CT molecular complexity index is 372. The van der Waals surface area contributed by atoms with Crippen molar-refractivity contribution in [1.82, 2.24) is 4.90 Å². The number of carboxylic acids is 3. The van der Waals surface area contributed by atoms with Gasteiger partial charge in [0.25, 0.3) is 0 Å². The Hall–Kier alpha value is -1.79. The highest BCUT2D eigenvalue weighted by Gasteiger charge is 2.40. The number of aliphatic hydroxyl groups excluding tert-OH is 3. The van der Waals surface area contributed by atoms with Crippen molar-refractivity contribution in [3.63, 3.8) is 0 Å². The summed E-state index contributed by atoms with van der Waals surface area (Å²) < 4.78 is 0. The Morgan fingerprint density at radius 3 is 1.17 bits per heavy atom. The van der Waals surface area contributed by atoms with Gasteiger partial charge in [0.1, 0.15) is 18.7 Å². The van der Waals surface area contributed by atoms with Gasteiger partial charge >= 0.3 is 17.9 Å². The fourth-order valence-corrected chi connectivity index (χ4v) is 1.65. The summed E-state index contributed by atoms with van der Waals surface area (Å²) in [6, 6.07) is 0. The molecule has 0 aromatic rings. The number of carbonyl (C=O) groups is 3. The highest BCUT2D eigenvalue weighted by Crippen LogP contribution is 2.15. The normalized spacial score (nSPS) is 15.1. The van der Waals surface area contributed by atoms with Gasteiger partial charge in [0.2, 0.25) is 0 Å². The minimum atomic E-state index is -2.74. The van der Waals surface area contributed by atoms with E-state index in [2.05, 4.69) is 0 Å². The van der Waals surface area contributed by atoms with Gasteiger partial charge in [-0.15, -0.1) is 0 Å². The Morgan fingerprint density at radius 2 is 1.09 bits per heavy atom. The standard InChI is InChI=1S/C6H15NO3.C6H8O7/c1-4(8)7(5(2)9)6(3)10;7-3(8)1-6(13,5(11)12)2-4(9)10/h4-6,8-10H,1-3H3;13H,1-2H2,(H,7,8)(H,9,10)(H,11,12). The summed E-state index contributed by atoms with van der Waals surface area (Å²) in [5, 5.41) is 60.7. The highest BCUT2D eigenvalue weighted by molar-refractivity contribution is 5.88. The van der Waals surface area contributed by atoms with E-state index in [1.165, 1.54) is 25.7 Å². The second-order valence-electron chi connectivity index (χ2n) is 4.82. The second kappa shape index (κ2) is 10.1. The molecule has 23 heavy (non-hydrogen) atoms. The lowest BCUT2D eigenvalue weighted by Crippen LogP contribution is -2.45. The first-order valence-electron chi connectivity index (χ1n) is 6.45. The van der Waals surface area contributed by atoms with Crippen molar-refractivity contribution in [2.75, 3.05) is 0 Å². The lowest BCUT2D eigenvalue weighted by atomic mass is 9.96. The summed E-state index contributed by atoms with van der Waals surface area (Å²) in [5.74, 6) is -5.02. The number of nitrogens with zero attached hydrogens (tertiary/aromatic N) is 1. The molecule has 0 aromatic carbocycles. The molecule has 0 heterocycles. The molecule has 0 aliphatic heterocycles. The molecule has 0 aliphatic rings. The summed E-state index contributed by atoms with van der Waals surface area (Å²) in [6.07, 6.45) is -4.79. The van der Waals surface area contributed by atoms with Crippen LogP contribution in [0.15, 0.2) is 0 Å². The van der Waals surface area contributed by atoms with Gasteiger partial charge in [0.15, 0.2) is 5.60 Å². The molecule has 0 aliphatic carbocycles. The van der Waals surface area contributed by atoms with E-state index in [1.807, 2.05) is 0 Å². The fourth-order valence-electron chi connectivity index (χ4n) is 1.65. The summed E-state index contributed by atoms with van der Waals surface area (Å²) in [4.78, 5) is 31.7. The molecule has 0 fully saturated rings. The van der Waals surface area contributed by atoms with Crippen LogP contribution in [0, 0.1) is 0 Å². The van der Waals surface area contributed by atoms with Gasteiger partial charge in [-0.2, -0.15) is 0 Å². The number of aliphatic carboxylic acids is 3. The van der Waals surface area contributed by atoms with Crippen LogP contribution in [0.1, 0.15) is 33.6 Å². The molecule has 0 spiro atoms. The molecule has 11 nitrogen and oxygen atoms in total. The largest absolute Gasteiger partial charge is 0.481 e. The maximum absolute atomic E-state index is 10.3. The van der Waals surface area contributed by atoms with Gasteiger partial charge in [-0.05, 0) is 20.8 Å². The maximum Gasteiger partial charge on any atom is 0.336 e. The quantitative estimate of drug-likeness (QED) is 0.242. The lowest BCUT2D eigenvalue weighted by Gasteiger charge is -2.30.